The summed E-state index contributed by atoms with van der Waals surface area (Å²) in [4.78, 5) is 7.12. The summed E-state index contributed by atoms with van der Waals surface area (Å²) in [6.45, 7) is 2.05. The molecule has 1 aliphatic heterocycles. The molecule has 3 aromatic heterocycles. The highest BCUT2D eigenvalue weighted by atomic mass is 15.4. The second-order valence-electron chi connectivity index (χ2n) is 8.02. The number of pyridine rings is 1. The molecule has 1 fully saturated rings. The molecule has 1 atom stereocenters. The molecule has 0 unspecified atom stereocenters. The molecule has 0 bridgehead atoms. The van der Waals surface area contributed by atoms with Crippen LogP contribution in [-0.2, 0) is 6.54 Å². The van der Waals surface area contributed by atoms with Crippen LogP contribution in [0.1, 0.15) is 24.8 Å². The third-order valence-corrected chi connectivity index (χ3v) is 5.90. The predicted octanol–water partition coefficient (Wildman–Crippen LogP) is 3.69. The van der Waals surface area contributed by atoms with E-state index in [1.807, 2.05) is 59.7 Å². The van der Waals surface area contributed by atoms with Crippen molar-refractivity contribution in [3.05, 3.63) is 60.6 Å². The van der Waals surface area contributed by atoms with Crippen LogP contribution in [0.25, 0.3) is 16.8 Å². The van der Waals surface area contributed by atoms with Gasteiger partial charge in [-0.2, -0.15) is 15.3 Å². The molecule has 0 saturated carbocycles. The van der Waals surface area contributed by atoms with Gasteiger partial charge in [-0.05, 0) is 56.3 Å². The Morgan fingerprint density at radius 3 is 2.87 bits per heavy atom. The molecule has 5 rings (SSSR count). The molecule has 0 spiro atoms. The molecule has 8 nitrogen and oxygen atoms in total. The lowest BCUT2D eigenvalue weighted by atomic mass is 10.0. The Labute approximate surface area is 180 Å². The first-order valence-electron chi connectivity index (χ1n) is 10.6. The van der Waals surface area contributed by atoms with Crippen LogP contribution in [0.4, 0.5) is 11.6 Å². The van der Waals surface area contributed by atoms with Crippen molar-refractivity contribution >= 4 is 17.3 Å². The summed E-state index contributed by atoms with van der Waals surface area (Å²) in [5.74, 6) is 0.524. The first kappa shape index (κ1) is 19.3. The molecule has 4 aromatic rings. The van der Waals surface area contributed by atoms with Gasteiger partial charge in [0.25, 0.3) is 0 Å². The van der Waals surface area contributed by atoms with Crippen molar-refractivity contribution < 1.29 is 0 Å². The van der Waals surface area contributed by atoms with Gasteiger partial charge in [-0.25, -0.2) is 4.52 Å². The van der Waals surface area contributed by atoms with Gasteiger partial charge in [0.05, 0.1) is 30.1 Å². The minimum Gasteiger partial charge on any atom is -0.320 e. The Morgan fingerprint density at radius 2 is 2.06 bits per heavy atom. The van der Waals surface area contributed by atoms with E-state index >= 15 is 0 Å². The summed E-state index contributed by atoms with van der Waals surface area (Å²) in [6.07, 6.45) is 9.48. The number of likely N-dealkylation sites (N-methyl/N-ethyl adjacent to an activating group) is 1. The monoisotopic (exact) mass is 412 g/mol. The first-order chi connectivity index (χ1) is 15.2. The van der Waals surface area contributed by atoms with Gasteiger partial charge in [0, 0.05) is 24.0 Å². The molecule has 0 amide bonds. The van der Waals surface area contributed by atoms with Crippen molar-refractivity contribution in [3.63, 3.8) is 0 Å². The number of benzene rings is 1. The molecule has 1 aromatic carbocycles. The number of aromatic nitrogens is 5. The SMILES string of the molecule is CN1CCCC[C@H]1Cn1cc(Nc2nc3c(-c4ccc(C#N)cc4)cccn3n2)cn1. The Kier molecular flexibility index (Phi) is 5.10. The van der Waals surface area contributed by atoms with Crippen molar-refractivity contribution in [3.8, 4) is 17.2 Å². The van der Waals surface area contributed by atoms with E-state index in [1.165, 1.54) is 19.3 Å². The third-order valence-electron chi connectivity index (χ3n) is 5.90. The van der Waals surface area contributed by atoms with E-state index in [4.69, 9.17) is 10.2 Å². The summed E-state index contributed by atoms with van der Waals surface area (Å²) < 4.78 is 3.75. The number of nitriles is 1. The molecule has 1 N–H and O–H groups in total. The molecule has 4 heterocycles. The number of hydrogen-bond acceptors (Lipinski definition) is 6. The molecule has 0 radical (unpaired) electrons. The van der Waals surface area contributed by atoms with Crippen LogP contribution in [0, 0.1) is 11.3 Å². The van der Waals surface area contributed by atoms with Crippen molar-refractivity contribution in [2.24, 2.45) is 0 Å². The van der Waals surface area contributed by atoms with Gasteiger partial charge in [-0.1, -0.05) is 18.6 Å². The molecular formula is C23H24N8. The van der Waals surface area contributed by atoms with Crippen LogP contribution in [0.5, 0.6) is 0 Å². The first-order valence-corrected chi connectivity index (χ1v) is 10.6. The van der Waals surface area contributed by atoms with E-state index in [9.17, 15) is 0 Å². The fourth-order valence-corrected chi connectivity index (χ4v) is 4.16. The van der Waals surface area contributed by atoms with Gasteiger partial charge in [0.1, 0.15) is 0 Å². The molecule has 0 aliphatic carbocycles. The number of fused-ring (bicyclic) bond motifs is 1. The molecule has 31 heavy (non-hydrogen) atoms. The van der Waals surface area contributed by atoms with E-state index in [2.05, 4.69) is 33.5 Å². The fourth-order valence-electron chi connectivity index (χ4n) is 4.16. The lowest BCUT2D eigenvalue weighted by molar-refractivity contribution is 0.163. The second kappa shape index (κ2) is 8.20. The minimum absolute atomic E-state index is 0.524. The molecular weight excluding hydrogens is 388 g/mol. The summed E-state index contributed by atoms with van der Waals surface area (Å²) in [7, 11) is 2.19. The maximum atomic E-state index is 9.03. The smallest absolute Gasteiger partial charge is 0.247 e. The van der Waals surface area contributed by atoms with Crippen LogP contribution < -0.4 is 5.32 Å². The normalized spacial score (nSPS) is 17.0. The molecule has 1 aliphatic rings. The van der Waals surface area contributed by atoms with Gasteiger partial charge in [-0.15, -0.1) is 5.10 Å². The number of nitrogens with zero attached hydrogens (tertiary/aromatic N) is 7. The standard InChI is InChI=1S/C23H24N8/c1-29-11-3-2-5-20(29)16-30-15-19(14-25-30)26-23-27-22-21(6-4-12-31(22)28-23)18-9-7-17(13-24)8-10-18/h4,6-10,12,14-15,20H,2-3,5,11,16H2,1H3,(H,26,28)/t20-/m0/s1. The van der Waals surface area contributed by atoms with E-state index < -0.39 is 0 Å². The topological polar surface area (TPSA) is 87.1 Å². The summed E-state index contributed by atoms with van der Waals surface area (Å²) in [5, 5.41) is 21.4. The van der Waals surface area contributed by atoms with Crippen molar-refractivity contribution in [2.45, 2.75) is 31.8 Å². The highest BCUT2D eigenvalue weighted by Crippen LogP contribution is 2.25. The predicted molar refractivity (Wildman–Crippen MR) is 119 cm³/mol. The highest BCUT2D eigenvalue weighted by Gasteiger charge is 2.19. The number of hydrogen-bond donors (Lipinski definition) is 1. The number of nitrogens with one attached hydrogen (secondary N) is 1. The van der Waals surface area contributed by atoms with Gasteiger partial charge in [-0.3, -0.25) is 4.68 Å². The molecule has 156 valence electrons. The zero-order valence-corrected chi connectivity index (χ0v) is 17.4. The summed E-state index contributed by atoms with van der Waals surface area (Å²) >= 11 is 0. The van der Waals surface area contributed by atoms with Crippen LogP contribution in [0.15, 0.2) is 55.0 Å². The maximum absolute atomic E-state index is 9.03. The summed E-state index contributed by atoms with van der Waals surface area (Å²) in [6, 6.07) is 14.1. The average Bonchev–Trinajstić information content (AvgIpc) is 3.41. The Morgan fingerprint density at radius 1 is 1.19 bits per heavy atom. The number of likely N-dealkylation sites (tertiary alicyclic amines) is 1. The number of piperidine rings is 1. The Balaban J connectivity index is 1.35. The van der Waals surface area contributed by atoms with Crippen molar-refractivity contribution in [2.75, 3.05) is 18.9 Å². The van der Waals surface area contributed by atoms with Gasteiger partial charge in [0.15, 0.2) is 5.65 Å². The molecule has 8 heteroatoms. The maximum Gasteiger partial charge on any atom is 0.247 e. The van der Waals surface area contributed by atoms with E-state index in [0.29, 0.717) is 17.6 Å². The van der Waals surface area contributed by atoms with Crippen LogP contribution in [0.3, 0.4) is 0 Å². The second-order valence-corrected chi connectivity index (χ2v) is 8.02. The van der Waals surface area contributed by atoms with E-state index in [-0.39, 0.29) is 0 Å². The largest absolute Gasteiger partial charge is 0.320 e. The van der Waals surface area contributed by atoms with E-state index in [0.717, 1.165) is 35.6 Å². The van der Waals surface area contributed by atoms with Gasteiger partial charge in [0.2, 0.25) is 5.95 Å². The Bertz CT molecular complexity index is 1230. The third kappa shape index (κ3) is 4.00. The fraction of sp³-hybridized carbons (Fsp3) is 0.304. The van der Waals surface area contributed by atoms with Gasteiger partial charge >= 0.3 is 0 Å². The zero-order valence-electron chi connectivity index (χ0n) is 17.4. The summed E-state index contributed by atoms with van der Waals surface area (Å²) in [5.41, 5.74) is 4.22. The lowest BCUT2D eigenvalue weighted by Gasteiger charge is -2.32. The van der Waals surface area contributed by atoms with Crippen LogP contribution >= 0.6 is 0 Å². The minimum atomic E-state index is 0.524. The quantitative estimate of drug-likeness (QED) is 0.538. The highest BCUT2D eigenvalue weighted by molar-refractivity contribution is 5.78. The zero-order chi connectivity index (χ0) is 21.2. The van der Waals surface area contributed by atoms with E-state index in [1.54, 1.807) is 4.52 Å². The van der Waals surface area contributed by atoms with Crippen LogP contribution in [0.2, 0.25) is 0 Å². The van der Waals surface area contributed by atoms with Crippen molar-refractivity contribution in [1.82, 2.24) is 29.3 Å². The lowest BCUT2D eigenvalue weighted by Crippen LogP contribution is -2.39. The number of anilines is 2. The number of rotatable bonds is 5. The average molecular weight is 413 g/mol. The van der Waals surface area contributed by atoms with Crippen molar-refractivity contribution in [1.29, 1.82) is 5.26 Å². The Hall–Kier alpha value is -3.70. The van der Waals surface area contributed by atoms with Crippen LogP contribution in [-0.4, -0.2) is 48.9 Å². The molecule has 1 saturated heterocycles. The van der Waals surface area contributed by atoms with Gasteiger partial charge < -0.3 is 10.2 Å².